The minimum absolute atomic E-state index is 0.457. The van der Waals surface area contributed by atoms with Crippen LogP contribution in [0.15, 0.2) is 12.1 Å². The van der Waals surface area contributed by atoms with Crippen LogP contribution < -0.4 is 0 Å². The Bertz CT molecular complexity index is 381. The van der Waals surface area contributed by atoms with Gasteiger partial charge in [0.05, 0.1) is 23.9 Å². The van der Waals surface area contributed by atoms with Crippen LogP contribution in [0.4, 0.5) is 0 Å². The SMILES string of the molecule is CCOCCN(CCOCC)Cc1nc(Cl)ccc1Cl. The van der Waals surface area contributed by atoms with E-state index in [1.807, 2.05) is 13.8 Å². The van der Waals surface area contributed by atoms with Crippen molar-refractivity contribution < 1.29 is 9.47 Å². The van der Waals surface area contributed by atoms with E-state index in [1.165, 1.54) is 0 Å². The standard InChI is InChI=1S/C14H22Cl2N2O2/c1-3-19-9-7-18(8-10-20-4-2)11-13-12(15)5-6-14(16)17-13/h5-6H,3-4,7-11H2,1-2H3. The first kappa shape index (κ1) is 17.7. The van der Waals surface area contributed by atoms with Gasteiger partial charge < -0.3 is 9.47 Å². The molecule has 1 heterocycles. The molecular weight excluding hydrogens is 299 g/mol. The Morgan fingerprint density at radius 1 is 1.05 bits per heavy atom. The molecule has 0 radical (unpaired) electrons. The first-order chi connectivity index (χ1) is 9.67. The van der Waals surface area contributed by atoms with Crippen molar-refractivity contribution in [1.82, 2.24) is 9.88 Å². The van der Waals surface area contributed by atoms with Gasteiger partial charge >= 0.3 is 0 Å². The zero-order chi connectivity index (χ0) is 14.8. The number of nitrogens with zero attached hydrogens (tertiary/aromatic N) is 2. The van der Waals surface area contributed by atoms with Crippen molar-refractivity contribution in [3.63, 3.8) is 0 Å². The fourth-order valence-electron chi connectivity index (χ4n) is 1.73. The summed E-state index contributed by atoms with van der Waals surface area (Å²) in [5.74, 6) is 0. The Labute approximate surface area is 131 Å². The van der Waals surface area contributed by atoms with E-state index in [4.69, 9.17) is 32.7 Å². The van der Waals surface area contributed by atoms with Gasteiger partial charge in [-0.3, -0.25) is 4.90 Å². The number of aromatic nitrogens is 1. The highest BCUT2D eigenvalue weighted by molar-refractivity contribution is 6.32. The molecule has 0 fully saturated rings. The maximum Gasteiger partial charge on any atom is 0.129 e. The van der Waals surface area contributed by atoms with Crippen LogP contribution in [-0.4, -0.2) is 49.4 Å². The second-order valence-corrected chi connectivity index (χ2v) is 5.03. The number of halogens is 2. The quantitative estimate of drug-likeness (QED) is 0.489. The summed E-state index contributed by atoms with van der Waals surface area (Å²) in [6.45, 7) is 9.03. The normalized spacial score (nSPS) is 11.2. The Morgan fingerprint density at radius 3 is 2.20 bits per heavy atom. The van der Waals surface area contributed by atoms with Gasteiger partial charge in [-0.25, -0.2) is 4.98 Å². The molecule has 0 aliphatic heterocycles. The first-order valence-electron chi connectivity index (χ1n) is 6.86. The number of pyridine rings is 1. The third-order valence-corrected chi connectivity index (χ3v) is 3.32. The van der Waals surface area contributed by atoms with Crippen molar-refractivity contribution in [3.05, 3.63) is 28.0 Å². The predicted molar refractivity (Wildman–Crippen MR) is 82.5 cm³/mol. The second-order valence-electron chi connectivity index (χ2n) is 4.23. The fourth-order valence-corrected chi connectivity index (χ4v) is 2.06. The molecule has 0 saturated heterocycles. The van der Waals surface area contributed by atoms with Crippen molar-refractivity contribution >= 4 is 23.2 Å². The lowest BCUT2D eigenvalue weighted by atomic mass is 10.3. The molecule has 0 aromatic carbocycles. The van der Waals surface area contributed by atoms with E-state index >= 15 is 0 Å². The average molecular weight is 321 g/mol. The Morgan fingerprint density at radius 2 is 1.65 bits per heavy atom. The van der Waals surface area contributed by atoms with Crippen LogP contribution >= 0.6 is 23.2 Å². The summed E-state index contributed by atoms with van der Waals surface area (Å²) in [6, 6.07) is 3.47. The number of rotatable bonds is 10. The van der Waals surface area contributed by atoms with E-state index in [1.54, 1.807) is 12.1 Å². The van der Waals surface area contributed by atoms with Crippen molar-refractivity contribution in [2.75, 3.05) is 39.5 Å². The fraction of sp³-hybridized carbons (Fsp3) is 0.643. The summed E-state index contributed by atoms with van der Waals surface area (Å²) >= 11 is 12.1. The molecule has 0 unspecified atom stereocenters. The van der Waals surface area contributed by atoms with E-state index in [0.717, 1.165) is 32.0 Å². The van der Waals surface area contributed by atoms with Crippen LogP contribution in [0, 0.1) is 0 Å². The second kappa shape index (κ2) is 10.4. The van der Waals surface area contributed by atoms with Crippen LogP contribution in [0.25, 0.3) is 0 Å². The largest absolute Gasteiger partial charge is 0.380 e. The molecule has 1 aromatic rings. The zero-order valence-electron chi connectivity index (χ0n) is 12.1. The van der Waals surface area contributed by atoms with Gasteiger partial charge in [-0.05, 0) is 26.0 Å². The summed E-state index contributed by atoms with van der Waals surface area (Å²) in [5.41, 5.74) is 0.784. The summed E-state index contributed by atoms with van der Waals surface area (Å²) in [4.78, 5) is 6.48. The number of hydrogen-bond acceptors (Lipinski definition) is 4. The third-order valence-electron chi connectivity index (χ3n) is 2.77. The maximum absolute atomic E-state index is 6.15. The molecule has 1 aromatic heterocycles. The molecule has 0 bridgehead atoms. The van der Waals surface area contributed by atoms with Gasteiger partial charge in [-0.15, -0.1) is 0 Å². The van der Waals surface area contributed by atoms with E-state index < -0.39 is 0 Å². The summed E-state index contributed by atoms with van der Waals surface area (Å²) < 4.78 is 10.8. The van der Waals surface area contributed by atoms with Gasteiger partial charge in [-0.1, -0.05) is 23.2 Å². The molecular formula is C14H22Cl2N2O2. The van der Waals surface area contributed by atoms with Crippen LogP contribution in [0.2, 0.25) is 10.2 Å². The molecule has 6 heteroatoms. The van der Waals surface area contributed by atoms with Crippen molar-refractivity contribution in [1.29, 1.82) is 0 Å². The lowest BCUT2D eigenvalue weighted by molar-refractivity contribution is 0.0793. The minimum Gasteiger partial charge on any atom is -0.380 e. The van der Waals surface area contributed by atoms with Gasteiger partial charge in [0.25, 0.3) is 0 Å². The smallest absolute Gasteiger partial charge is 0.129 e. The molecule has 0 spiro atoms. The maximum atomic E-state index is 6.15. The predicted octanol–water partition coefficient (Wildman–Crippen LogP) is 3.26. The monoisotopic (exact) mass is 320 g/mol. The van der Waals surface area contributed by atoms with Crippen LogP contribution in [0.5, 0.6) is 0 Å². The molecule has 0 amide bonds. The molecule has 0 aliphatic carbocycles. The minimum atomic E-state index is 0.457. The zero-order valence-corrected chi connectivity index (χ0v) is 13.6. The lowest BCUT2D eigenvalue weighted by Crippen LogP contribution is -2.31. The van der Waals surface area contributed by atoms with Crippen molar-refractivity contribution in [3.8, 4) is 0 Å². The Hall–Kier alpha value is -0.390. The average Bonchev–Trinajstić information content (AvgIpc) is 2.43. The summed E-state index contributed by atoms with van der Waals surface area (Å²) in [6.07, 6.45) is 0. The van der Waals surface area contributed by atoms with Crippen LogP contribution in [0.3, 0.4) is 0 Å². The molecule has 0 aliphatic rings. The van der Waals surface area contributed by atoms with E-state index in [0.29, 0.717) is 29.9 Å². The number of ether oxygens (including phenoxy) is 2. The molecule has 4 nitrogen and oxygen atoms in total. The van der Waals surface area contributed by atoms with Gasteiger partial charge in [0.1, 0.15) is 5.15 Å². The molecule has 0 N–H and O–H groups in total. The lowest BCUT2D eigenvalue weighted by Gasteiger charge is -2.22. The summed E-state index contributed by atoms with van der Waals surface area (Å²) in [7, 11) is 0. The third kappa shape index (κ3) is 6.86. The molecule has 1 rings (SSSR count). The first-order valence-corrected chi connectivity index (χ1v) is 7.61. The van der Waals surface area contributed by atoms with Gasteiger partial charge in [0.2, 0.25) is 0 Å². The highest BCUT2D eigenvalue weighted by Crippen LogP contribution is 2.18. The van der Waals surface area contributed by atoms with Gasteiger partial charge in [0.15, 0.2) is 0 Å². The topological polar surface area (TPSA) is 34.6 Å². The molecule has 114 valence electrons. The Kier molecular flexibility index (Phi) is 9.14. The molecule has 0 atom stereocenters. The van der Waals surface area contributed by atoms with Gasteiger partial charge in [0, 0.05) is 32.8 Å². The van der Waals surface area contributed by atoms with Crippen molar-refractivity contribution in [2.45, 2.75) is 20.4 Å². The van der Waals surface area contributed by atoms with E-state index in [2.05, 4.69) is 9.88 Å². The van der Waals surface area contributed by atoms with Gasteiger partial charge in [-0.2, -0.15) is 0 Å². The number of hydrogen-bond donors (Lipinski definition) is 0. The molecule has 0 saturated carbocycles. The van der Waals surface area contributed by atoms with E-state index in [-0.39, 0.29) is 0 Å². The molecule has 20 heavy (non-hydrogen) atoms. The highest BCUT2D eigenvalue weighted by Gasteiger charge is 2.10. The highest BCUT2D eigenvalue weighted by atomic mass is 35.5. The van der Waals surface area contributed by atoms with Crippen molar-refractivity contribution in [2.24, 2.45) is 0 Å². The Balaban J connectivity index is 2.58. The summed E-state index contributed by atoms with van der Waals surface area (Å²) in [5, 5.41) is 1.09. The van der Waals surface area contributed by atoms with Crippen LogP contribution in [-0.2, 0) is 16.0 Å². The van der Waals surface area contributed by atoms with E-state index in [9.17, 15) is 0 Å². The van der Waals surface area contributed by atoms with Crippen LogP contribution in [0.1, 0.15) is 19.5 Å².